The molecule has 7 heteroatoms. The van der Waals surface area contributed by atoms with E-state index in [-0.39, 0.29) is 29.2 Å². The van der Waals surface area contributed by atoms with Gasteiger partial charge in [-0.05, 0) is 24.1 Å². The van der Waals surface area contributed by atoms with Gasteiger partial charge in [-0.15, -0.1) is 0 Å². The van der Waals surface area contributed by atoms with Gasteiger partial charge in [0.1, 0.15) is 11.6 Å². The van der Waals surface area contributed by atoms with Crippen molar-refractivity contribution in [3.05, 3.63) is 29.0 Å². The second-order valence-electron chi connectivity index (χ2n) is 5.12. The third-order valence-electron chi connectivity index (χ3n) is 3.19. The van der Waals surface area contributed by atoms with Crippen molar-refractivity contribution in [1.82, 2.24) is 4.90 Å². The molecule has 0 unspecified atom stereocenters. The zero-order valence-corrected chi connectivity index (χ0v) is 13.3. The molecule has 0 aromatic heterocycles. The Balaban J connectivity index is 1.93. The number of hydrogen-bond acceptors (Lipinski definition) is 3. The molecule has 0 aliphatic carbocycles. The van der Waals surface area contributed by atoms with Crippen LogP contribution in [0.1, 0.15) is 6.92 Å². The number of halogens is 2. The third kappa shape index (κ3) is 4.68. The highest BCUT2D eigenvalue weighted by Crippen LogP contribution is 2.24. The summed E-state index contributed by atoms with van der Waals surface area (Å²) < 4.78 is 29.9. The van der Waals surface area contributed by atoms with E-state index in [1.807, 2.05) is 6.92 Å². The minimum Gasteiger partial charge on any atom is -0.482 e. The summed E-state index contributed by atoms with van der Waals surface area (Å²) in [5.74, 6) is 0.954. The maximum absolute atomic E-state index is 12.9. The van der Waals surface area contributed by atoms with Crippen LogP contribution in [0, 0.1) is 11.7 Å². The van der Waals surface area contributed by atoms with Crippen molar-refractivity contribution in [3.8, 4) is 5.75 Å². The summed E-state index contributed by atoms with van der Waals surface area (Å²) in [6.45, 7) is 2.85. The van der Waals surface area contributed by atoms with Crippen LogP contribution in [-0.2, 0) is 15.6 Å². The number of benzene rings is 1. The lowest BCUT2D eigenvalue weighted by Crippen LogP contribution is -2.38. The van der Waals surface area contributed by atoms with Gasteiger partial charge in [0.2, 0.25) is 0 Å². The molecule has 4 nitrogen and oxygen atoms in total. The quantitative estimate of drug-likeness (QED) is 0.851. The van der Waals surface area contributed by atoms with Crippen LogP contribution in [0.4, 0.5) is 4.39 Å². The lowest BCUT2D eigenvalue weighted by atomic mass is 10.2. The van der Waals surface area contributed by atoms with Crippen LogP contribution in [0.15, 0.2) is 18.2 Å². The van der Waals surface area contributed by atoms with E-state index in [0.29, 0.717) is 24.6 Å². The van der Waals surface area contributed by atoms with Crippen LogP contribution in [0.25, 0.3) is 0 Å². The van der Waals surface area contributed by atoms with Crippen molar-refractivity contribution in [1.29, 1.82) is 0 Å². The van der Waals surface area contributed by atoms with Crippen LogP contribution in [-0.4, -0.2) is 46.2 Å². The molecule has 0 bridgehead atoms. The summed E-state index contributed by atoms with van der Waals surface area (Å²) in [4.78, 5) is 13.8. The maximum atomic E-state index is 12.9. The molecular formula is C14H17ClFNO3S. The van der Waals surface area contributed by atoms with Crippen molar-refractivity contribution >= 4 is 28.3 Å². The molecule has 0 spiro atoms. The average Bonchev–Trinajstić information content (AvgIpc) is 2.58. The Morgan fingerprint density at radius 2 is 2.33 bits per heavy atom. The fraction of sp³-hybridized carbons (Fsp3) is 0.500. The Morgan fingerprint density at radius 1 is 1.57 bits per heavy atom. The van der Waals surface area contributed by atoms with E-state index in [4.69, 9.17) is 16.3 Å². The van der Waals surface area contributed by atoms with Crippen molar-refractivity contribution < 1.29 is 18.1 Å². The highest BCUT2D eigenvalue weighted by atomic mass is 35.5. The first-order valence-corrected chi connectivity index (χ1v) is 8.53. The normalized spacial score (nSPS) is 22.7. The summed E-state index contributed by atoms with van der Waals surface area (Å²) in [6.07, 6.45) is 0. The minimum absolute atomic E-state index is 0.133. The molecule has 0 saturated carbocycles. The van der Waals surface area contributed by atoms with Gasteiger partial charge in [0.15, 0.2) is 6.61 Å². The summed E-state index contributed by atoms with van der Waals surface area (Å²) >= 11 is 5.84. The lowest BCUT2D eigenvalue weighted by Gasteiger charge is -2.22. The third-order valence-corrected chi connectivity index (χ3v) is 5.06. The van der Waals surface area contributed by atoms with E-state index in [2.05, 4.69) is 0 Å². The predicted octanol–water partition coefficient (Wildman–Crippen LogP) is 2.08. The van der Waals surface area contributed by atoms with Crippen LogP contribution < -0.4 is 4.74 Å². The number of nitrogens with zero attached hydrogens (tertiary/aromatic N) is 1. The molecule has 2 atom stereocenters. The van der Waals surface area contributed by atoms with Gasteiger partial charge in [0, 0.05) is 35.4 Å². The van der Waals surface area contributed by atoms with Crippen molar-refractivity contribution in [2.24, 2.45) is 5.92 Å². The summed E-state index contributed by atoms with van der Waals surface area (Å²) in [5, 5.41) is 0.133. The zero-order chi connectivity index (χ0) is 15.4. The molecule has 1 aromatic carbocycles. The maximum Gasteiger partial charge on any atom is 0.260 e. The molecule has 116 valence electrons. The number of hydrogen-bond donors (Lipinski definition) is 0. The molecule has 2 rings (SSSR count). The highest BCUT2D eigenvalue weighted by molar-refractivity contribution is 7.85. The number of carbonyl (C=O) groups is 1. The van der Waals surface area contributed by atoms with Gasteiger partial charge in [-0.2, -0.15) is 0 Å². The number of carbonyl (C=O) groups excluding carboxylic acids is 1. The average molecular weight is 334 g/mol. The molecule has 1 aliphatic heterocycles. The smallest absolute Gasteiger partial charge is 0.260 e. The number of amides is 1. The second kappa shape index (κ2) is 7.22. The number of ether oxygens (including phenoxy) is 1. The van der Waals surface area contributed by atoms with Crippen molar-refractivity contribution in [3.63, 3.8) is 0 Å². The molecule has 0 radical (unpaired) electrons. The van der Waals surface area contributed by atoms with Gasteiger partial charge >= 0.3 is 0 Å². The number of rotatable bonds is 3. The fourth-order valence-electron chi connectivity index (χ4n) is 2.18. The van der Waals surface area contributed by atoms with E-state index in [1.165, 1.54) is 12.1 Å². The van der Waals surface area contributed by atoms with Crippen molar-refractivity contribution in [2.45, 2.75) is 6.92 Å². The molecule has 0 N–H and O–H groups in total. The second-order valence-corrected chi connectivity index (χ2v) is 7.15. The largest absolute Gasteiger partial charge is 0.482 e. The lowest BCUT2D eigenvalue weighted by molar-refractivity contribution is -0.133. The van der Waals surface area contributed by atoms with Gasteiger partial charge in [-0.25, -0.2) is 4.39 Å². The first kappa shape index (κ1) is 16.2. The van der Waals surface area contributed by atoms with E-state index in [9.17, 15) is 13.4 Å². The van der Waals surface area contributed by atoms with Crippen LogP contribution in [0.3, 0.4) is 0 Å². The Hall–Kier alpha value is -1.14. The van der Waals surface area contributed by atoms with Gasteiger partial charge in [-0.3, -0.25) is 9.00 Å². The molecule has 1 saturated heterocycles. The van der Waals surface area contributed by atoms with Crippen LogP contribution in [0.5, 0.6) is 5.75 Å². The van der Waals surface area contributed by atoms with Gasteiger partial charge < -0.3 is 9.64 Å². The fourth-order valence-corrected chi connectivity index (χ4v) is 3.74. The first-order chi connectivity index (χ1) is 9.95. The van der Waals surface area contributed by atoms with E-state index >= 15 is 0 Å². The van der Waals surface area contributed by atoms with Gasteiger partial charge in [0.25, 0.3) is 5.91 Å². The van der Waals surface area contributed by atoms with Crippen molar-refractivity contribution in [2.75, 3.05) is 31.2 Å². The SMILES string of the molecule is C[C@@H]1CN(C(=O)COc2ccc(F)cc2Cl)CC[S@](=O)C1. The van der Waals surface area contributed by atoms with Crippen LogP contribution >= 0.6 is 11.6 Å². The Labute approximate surface area is 130 Å². The van der Waals surface area contributed by atoms with Gasteiger partial charge in [-0.1, -0.05) is 18.5 Å². The molecule has 1 amide bonds. The molecule has 1 fully saturated rings. The molecule has 1 aliphatic rings. The summed E-state index contributed by atoms with van der Waals surface area (Å²) in [6, 6.07) is 3.76. The Morgan fingerprint density at radius 3 is 3.05 bits per heavy atom. The first-order valence-electron chi connectivity index (χ1n) is 6.66. The molecule has 1 aromatic rings. The topological polar surface area (TPSA) is 46.6 Å². The van der Waals surface area contributed by atoms with E-state index in [0.717, 1.165) is 6.07 Å². The van der Waals surface area contributed by atoms with E-state index in [1.54, 1.807) is 4.90 Å². The standard InChI is InChI=1S/C14H17ClFNO3S/c1-10-7-17(4-5-21(19)9-10)14(18)8-20-13-3-2-11(16)6-12(13)15/h2-3,6,10H,4-5,7-9H2,1H3/t10-,21+/m1/s1. The monoisotopic (exact) mass is 333 g/mol. The molecular weight excluding hydrogens is 317 g/mol. The van der Waals surface area contributed by atoms with E-state index < -0.39 is 16.6 Å². The minimum atomic E-state index is -0.869. The predicted molar refractivity (Wildman–Crippen MR) is 80.5 cm³/mol. The summed E-state index contributed by atoms with van der Waals surface area (Å²) in [5.41, 5.74) is 0. The highest BCUT2D eigenvalue weighted by Gasteiger charge is 2.23. The van der Waals surface area contributed by atoms with Gasteiger partial charge in [0.05, 0.1) is 5.02 Å². The zero-order valence-electron chi connectivity index (χ0n) is 11.7. The molecule has 21 heavy (non-hydrogen) atoms. The van der Waals surface area contributed by atoms with Crippen LogP contribution in [0.2, 0.25) is 5.02 Å². The molecule has 1 heterocycles. The Kier molecular flexibility index (Phi) is 5.58. The Bertz CT molecular complexity index is 555. The summed E-state index contributed by atoms with van der Waals surface area (Å²) in [7, 11) is -0.869.